The molecule has 0 saturated carbocycles. The molecule has 2 aromatic heterocycles. The van der Waals surface area contributed by atoms with E-state index in [9.17, 15) is 0 Å². The van der Waals surface area contributed by atoms with Crippen molar-refractivity contribution in [3.05, 3.63) is 29.9 Å². The number of imidazole rings is 1. The lowest BCUT2D eigenvalue weighted by atomic mass is 10.5. The van der Waals surface area contributed by atoms with Crippen molar-refractivity contribution in [2.75, 3.05) is 0 Å². The molecule has 0 aliphatic heterocycles. The fraction of sp³-hybridized carbons (Fsp3) is 0.500. The zero-order chi connectivity index (χ0) is 11.5. The van der Waals surface area contributed by atoms with E-state index < -0.39 is 0 Å². The van der Waals surface area contributed by atoms with Crippen LogP contribution in [-0.4, -0.2) is 24.3 Å². The molecule has 16 heavy (non-hydrogen) atoms. The molecule has 0 unspecified atom stereocenters. The maximum atomic E-state index is 4.23. The number of nitrogens with zero attached hydrogens (tertiary/aromatic N) is 5. The van der Waals surface area contributed by atoms with Crippen molar-refractivity contribution in [2.24, 2.45) is 14.1 Å². The number of rotatable bonds is 4. The minimum Gasteiger partial charge on any atom is -0.337 e. The lowest BCUT2D eigenvalue weighted by Gasteiger charge is -2.04. The van der Waals surface area contributed by atoms with Crippen molar-refractivity contribution < 1.29 is 0 Å². The molecule has 2 aromatic rings. The van der Waals surface area contributed by atoms with Crippen LogP contribution in [0.1, 0.15) is 17.5 Å². The number of hydrogen-bond donors (Lipinski definition) is 1. The highest BCUT2D eigenvalue weighted by Gasteiger charge is 2.04. The summed E-state index contributed by atoms with van der Waals surface area (Å²) in [5.74, 6) is 2.87. The first-order chi connectivity index (χ1) is 7.68. The molecule has 2 rings (SSSR count). The number of aryl methyl sites for hydroxylation is 2. The Bertz CT molecular complexity index is 469. The van der Waals surface area contributed by atoms with Crippen molar-refractivity contribution in [1.82, 2.24) is 29.6 Å². The molecule has 6 nitrogen and oxygen atoms in total. The van der Waals surface area contributed by atoms with Gasteiger partial charge in [-0.1, -0.05) is 0 Å². The smallest absolute Gasteiger partial charge is 0.146 e. The van der Waals surface area contributed by atoms with E-state index in [0.717, 1.165) is 24.0 Å². The SMILES string of the molecule is Cc1nnc(CNCc2nccn2C)n1C. The molecule has 0 atom stereocenters. The number of hydrogen-bond acceptors (Lipinski definition) is 4. The van der Waals surface area contributed by atoms with Gasteiger partial charge in [0.25, 0.3) is 0 Å². The Morgan fingerprint density at radius 3 is 2.50 bits per heavy atom. The molecule has 86 valence electrons. The zero-order valence-electron chi connectivity index (χ0n) is 9.80. The van der Waals surface area contributed by atoms with E-state index in [1.165, 1.54) is 0 Å². The monoisotopic (exact) mass is 220 g/mol. The van der Waals surface area contributed by atoms with Crippen molar-refractivity contribution in [3.63, 3.8) is 0 Å². The third-order valence-electron chi connectivity index (χ3n) is 2.67. The maximum Gasteiger partial charge on any atom is 0.146 e. The lowest BCUT2D eigenvalue weighted by Crippen LogP contribution is -2.18. The minimum atomic E-state index is 0.699. The van der Waals surface area contributed by atoms with Crippen molar-refractivity contribution in [3.8, 4) is 0 Å². The Labute approximate surface area is 94.3 Å². The lowest BCUT2D eigenvalue weighted by molar-refractivity contribution is 0.602. The quantitative estimate of drug-likeness (QED) is 0.796. The number of nitrogens with one attached hydrogen (secondary N) is 1. The molecule has 0 saturated heterocycles. The predicted molar refractivity (Wildman–Crippen MR) is 59.5 cm³/mol. The fourth-order valence-corrected chi connectivity index (χ4v) is 1.46. The van der Waals surface area contributed by atoms with Gasteiger partial charge in [-0.05, 0) is 6.92 Å². The van der Waals surface area contributed by atoms with E-state index >= 15 is 0 Å². The first-order valence-corrected chi connectivity index (χ1v) is 5.20. The Hall–Kier alpha value is -1.69. The molecule has 0 fully saturated rings. The van der Waals surface area contributed by atoms with E-state index in [1.54, 1.807) is 6.20 Å². The summed E-state index contributed by atoms with van der Waals surface area (Å²) < 4.78 is 3.97. The van der Waals surface area contributed by atoms with Crippen LogP contribution in [-0.2, 0) is 27.2 Å². The standard InChI is InChI=1S/C10H16N6/c1-8-13-14-10(16(8)3)7-11-6-9-12-4-5-15(9)2/h4-5,11H,6-7H2,1-3H3. The summed E-state index contributed by atoms with van der Waals surface area (Å²) in [5.41, 5.74) is 0. The minimum absolute atomic E-state index is 0.699. The summed E-state index contributed by atoms with van der Waals surface area (Å²) in [6.07, 6.45) is 3.73. The third-order valence-corrected chi connectivity index (χ3v) is 2.67. The second-order valence-corrected chi connectivity index (χ2v) is 3.78. The summed E-state index contributed by atoms with van der Waals surface area (Å²) in [7, 11) is 3.95. The van der Waals surface area contributed by atoms with Crippen LogP contribution in [0, 0.1) is 6.92 Å². The normalized spacial score (nSPS) is 10.9. The topological polar surface area (TPSA) is 60.6 Å². The Morgan fingerprint density at radius 1 is 1.19 bits per heavy atom. The highest BCUT2D eigenvalue weighted by molar-refractivity contribution is 4.94. The molecule has 1 N–H and O–H groups in total. The second-order valence-electron chi connectivity index (χ2n) is 3.78. The Balaban J connectivity index is 1.89. The van der Waals surface area contributed by atoms with Crippen LogP contribution in [0.3, 0.4) is 0 Å². The van der Waals surface area contributed by atoms with Gasteiger partial charge in [0, 0.05) is 26.5 Å². The van der Waals surface area contributed by atoms with Gasteiger partial charge in [0.1, 0.15) is 17.5 Å². The zero-order valence-corrected chi connectivity index (χ0v) is 9.80. The van der Waals surface area contributed by atoms with Crippen LogP contribution in [0.4, 0.5) is 0 Å². The fourth-order valence-electron chi connectivity index (χ4n) is 1.46. The van der Waals surface area contributed by atoms with Gasteiger partial charge in [-0.2, -0.15) is 0 Å². The van der Waals surface area contributed by atoms with Crippen LogP contribution in [0.25, 0.3) is 0 Å². The largest absolute Gasteiger partial charge is 0.337 e. The van der Waals surface area contributed by atoms with Crippen LogP contribution >= 0.6 is 0 Å². The molecule has 0 bridgehead atoms. The molecular weight excluding hydrogens is 204 g/mol. The van der Waals surface area contributed by atoms with E-state index in [0.29, 0.717) is 6.54 Å². The molecule has 2 heterocycles. The van der Waals surface area contributed by atoms with Crippen molar-refractivity contribution in [1.29, 1.82) is 0 Å². The van der Waals surface area contributed by atoms with Gasteiger partial charge < -0.3 is 14.5 Å². The maximum absolute atomic E-state index is 4.23. The first kappa shape index (κ1) is 10.8. The number of aromatic nitrogens is 5. The van der Waals surface area contributed by atoms with Crippen molar-refractivity contribution >= 4 is 0 Å². The van der Waals surface area contributed by atoms with Crippen LogP contribution in [0.2, 0.25) is 0 Å². The first-order valence-electron chi connectivity index (χ1n) is 5.20. The summed E-state index contributed by atoms with van der Waals surface area (Å²) >= 11 is 0. The van der Waals surface area contributed by atoms with Gasteiger partial charge in [-0.3, -0.25) is 0 Å². The van der Waals surface area contributed by atoms with Gasteiger partial charge in [0.05, 0.1) is 13.1 Å². The van der Waals surface area contributed by atoms with Gasteiger partial charge in [-0.15, -0.1) is 10.2 Å². The predicted octanol–water partition coefficient (Wildman–Crippen LogP) is 0.147. The van der Waals surface area contributed by atoms with Gasteiger partial charge in [0.2, 0.25) is 0 Å². The molecular formula is C10H16N6. The second kappa shape index (κ2) is 4.44. The van der Waals surface area contributed by atoms with Crippen molar-refractivity contribution in [2.45, 2.75) is 20.0 Å². The van der Waals surface area contributed by atoms with Gasteiger partial charge in [-0.25, -0.2) is 4.98 Å². The van der Waals surface area contributed by atoms with E-state index in [-0.39, 0.29) is 0 Å². The van der Waals surface area contributed by atoms with Crippen LogP contribution in [0.5, 0.6) is 0 Å². The molecule has 0 radical (unpaired) electrons. The summed E-state index contributed by atoms with van der Waals surface area (Å²) in [5, 5.41) is 11.4. The van der Waals surface area contributed by atoms with E-state index in [1.807, 2.05) is 36.4 Å². The molecule has 0 aromatic carbocycles. The van der Waals surface area contributed by atoms with Gasteiger partial charge >= 0.3 is 0 Å². The Morgan fingerprint density at radius 2 is 1.94 bits per heavy atom. The van der Waals surface area contributed by atoms with E-state index in [2.05, 4.69) is 20.5 Å². The highest BCUT2D eigenvalue weighted by Crippen LogP contribution is 1.98. The molecule has 0 aliphatic carbocycles. The molecule has 0 amide bonds. The average Bonchev–Trinajstić information content (AvgIpc) is 2.80. The average molecular weight is 220 g/mol. The van der Waals surface area contributed by atoms with E-state index in [4.69, 9.17) is 0 Å². The Kier molecular flexibility index (Phi) is 3.00. The summed E-state index contributed by atoms with van der Waals surface area (Å²) in [4.78, 5) is 4.23. The molecule has 0 aliphatic rings. The van der Waals surface area contributed by atoms with Crippen LogP contribution in [0.15, 0.2) is 12.4 Å². The van der Waals surface area contributed by atoms with Crippen LogP contribution < -0.4 is 5.32 Å². The summed E-state index contributed by atoms with van der Waals surface area (Å²) in [6.45, 7) is 3.37. The summed E-state index contributed by atoms with van der Waals surface area (Å²) in [6, 6.07) is 0. The molecule has 0 spiro atoms. The third kappa shape index (κ3) is 2.11. The highest BCUT2D eigenvalue weighted by atomic mass is 15.3. The van der Waals surface area contributed by atoms with Gasteiger partial charge in [0.15, 0.2) is 0 Å². The molecule has 6 heteroatoms.